The molecule has 112 valence electrons. The van der Waals surface area contributed by atoms with E-state index in [1.165, 1.54) is 0 Å². The zero-order valence-corrected chi connectivity index (χ0v) is 14.4. The first-order chi connectivity index (χ1) is 9.54. The predicted molar refractivity (Wildman–Crippen MR) is 87.8 cm³/mol. The zero-order chi connectivity index (χ0) is 15.0. The standard InChI is InChI=1S/C14H18BrCl2NO2/c1-2-20-13(19)6-4-3-5-7-18-14-11(16)8-10(15)9-12(14)17/h8-9,18H,2-7H2,1H3. The summed E-state index contributed by atoms with van der Waals surface area (Å²) in [6, 6.07) is 3.60. The number of rotatable bonds is 8. The molecule has 0 saturated heterocycles. The molecule has 0 aromatic heterocycles. The third-order valence-electron chi connectivity index (χ3n) is 2.67. The first kappa shape index (κ1) is 17.6. The van der Waals surface area contributed by atoms with E-state index < -0.39 is 0 Å². The molecule has 0 spiro atoms. The van der Waals surface area contributed by atoms with Crippen molar-refractivity contribution in [2.24, 2.45) is 0 Å². The molecule has 0 amide bonds. The van der Waals surface area contributed by atoms with Crippen molar-refractivity contribution in [1.82, 2.24) is 0 Å². The average Bonchev–Trinajstić information content (AvgIpc) is 2.36. The van der Waals surface area contributed by atoms with Crippen molar-refractivity contribution in [2.75, 3.05) is 18.5 Å². The Labute approximate surface area is 138 Å². The topological polar surface area (TPSA) is 38.3 Å². The van der Waals surface area contributed by atoms with Crippen LogP contribution in [-0.2, 0) is 9.53 Å². The maximum absolute atomic E-state index is 11.1. The number of hydrogen-bond donors (Lipinski definition) is 1. The predicted octanol–water partition coefficient (Wildman–Crippen LogP) is 5.29. The third kappa shape index (κ3) is 6.33. The van der Waals surface area contributed by atoms with Crippen molar-refractivity contribution >= 4 is 50.8 Å². The van der Waals surface area contributed by atoms with Gasteiger partial charge in [-0.2, -0.15) is 0 Å². The third-order valence-corrected chi connectivity index (χ3v) is 3.73. The fourth-order valence-corrected chi connectivity index (χ4v) is 3.07. The number of esters is 1. The number of benzene rings is 1. The molecule has 1 N–H and O–H groups in total. The second-order valence-corrected chi connectivity index (χ2v) is 6.02. The van der Waals surface area contributed by atoms with Gasteiger partial charge in [-0.15, -0.1) is 0 Å². The lowest BCUT2D eigenvalue weighted by molar-refractivity contribution is -0.143. The number of carbonyl (C=O) groups excluding carboxylic acids is 1. The molecule has 1 aromatic carbocycles. The van der Waals surface area contributed by atoms with Gasteiger partial charge >= 0.3 is 5.97 Å². The van der Waals surface area contributed by atoms with Gasteiger partial charge in [0.25, 0.3) is 0 Å². The average molecular weight is 383 g/mol. The molecule has 3 nitrogen and oxygen atoms in total. The molecule has 0 bridgehead atoms. The summed E-state index contributed by atoms with van der Waals surface area (Å²) >= 11 is 15.6. The van der Waals surface area contributed by atoms with Crippen LogP contribution in [0.1, 0.15) is 32.6 Å². The molecule has 0 fully saturated rings. The normalized spacial score (nSPS) is 10.4. The summed E-state index contributed by atoms with van der Waals surface area (Å²) in [7, 11) is 0. The zero-order valence-electron chi connectivity index (χ0n) is 11.3. The van der Waals surface area contributed by atoms with Crippen LogP contribution in [0.25, 0.3) is 0 Å². The van der Waals surface area contributed by atoms with Crippen LogP contribution >= 0.6 is 39.1 Å². The number of anilines is 1. The van der Waals surface area contributed by atoms with Crippen LogP contribution in [-0.4, -0.2) is 19.1 Å². The molecule has 0 atom stereocenters. The fraction of sp³-hybridized carbons (Fsp3) is 0.500. The maximum Gasteiger partial charge on any atom is 0.305 e. The van der Waals surface area contributed by atoms with E-state index in [2.05, 4.69) is 21.2 Å². The lowest BCUT2D eigenvalue weighted by Crippen LogP contribution is -2.05. The van der Waals surface area contributed by atoms with Crippen LogP contribution in [0.5, 0.6) is 0 Å². The minimum atomic E-state index is -0.126. The molecule has 1 rings (SSSR count). The molecule has 0 unspecified atom stereocenters. The van der Waals surface area contributed by atoms with Crippen molar-refractivity contribution in [3.8, 4) is 0 Å². The molecule has 0 heterocycles. The Morgan fingerprint density at radius 3 is 2.50 bits per heavy atom. The van der Waals surface area contributed by atoms with Gasteiger partial charge < -0.3 is 10.1 Å². The summed E-state index contributed by atoms with van der Waals surface area (Å²) in [5, 5.41) is 4.41. The Balaban J connectivity index is 2.23. The monoisotopic (exact) mass is 381 g/mol. The van der Waals surface area contributed by atoms with Gasteiger partial charge in [0.1, 0.15) is 0 Å². The molecule has 0 radical (unpaired) electrons. The van der Waals surface area contributed by atoms with E-state index in [1.807, 2.05) is 6.92 Å². The molecule has 1 aromatic rings. The van der Waals surface area contributed by atoms with E-state index in [0.717, 1.165) is 36.0 Å². The van der Waals surface area contributed by atoms with E-state index >= 15 is 0 Å². The van der Waals surface area contributed by atoms with Crippen LogP contribution < -0.4 is 5.32 Å². The summed E-state index contributed by atoms with van der Waals surface area (Å²) in [5.41, 5.74) is 0.752. The number of hydrogen-bond acceptors (Lipinski definition) is 3. The quantitative estimate of drug-likeness (QED) is 0.490. The van der Waals surface area contributed by atoms with Gasteiger partial charge in [0, 0.05) is 17.4 Å². The Bertz CT molecular complexity index is 432. The highest BCUT2D eigenvalue weighted by Crippen LogP contribution is 2.33. The summed E-state index contributed by atoms with van der Waals surface area (Å²) in [5.74, 6) is -0.126. The number of unbranched alkanes of at least 4 members (excludes halogenated alkanes) is 2. The van der Waals surface area contributed by atoms with Gasteiger partial charge in [-0.25, -0.2) is 0 Å². The van der Waals surface area contributed by atoms with E-state index in [4.69, 9.17) is 27.9 Å². The summed E-state index contributed by atoms with van der Waals surface area (Å²) in [4.78, 5) is 11.1. The van der Waals surface area contributed by atoms with E-state index in [1.54, 1.807) is 12.1 Å². The van der Waals surface area contributed by atoms with Gasteiger partial charge in [0.05, 0.1) is 22.3 Å². The van der Waals surface area contributed by atoms with E-state index in [-0.39, 0.29) is 5.97 Å². The summed E-state index contributed by atoms with van der Waals surface area (Å²) in [6.07, 6.45) is 3.22. The molecule has 0 aliphatic heterocycles. The Hall–Kier alpha value is -0.450. The highest BCUT2D eigenvalue weighted by Gasteiger charge is 2.07. The minimum absolute atomic E-state index is 0.126. The highest BCUT2D eigenvalue weighted by atomic mass is 79.9. The summed E-state index contributed by atoms with van der Waals surface area (Å²) in [6.45, 7) is 3.03. The van der Waals surface area contributed by atoms with Gasteiger partial charge in [-0.3, -0.25) is 4.79 Å². The van der Waals surface area contributed by atoms with Crippen molar-refractivity contribution in [1.29, 1.82) is 0 Å². The molecule has 20 heavy (non-hydrogen) atoms. The second kappa shape index (κ2) is 9.48. The first-order valence-electron chi connectivity index (χ1n) is 6.58. The van der Waals surface area contributed by atoms with Gasteiger partial charge in [0.15, 0.2) is 0 Å². The van der Waals surface area contributed by atoms with Crippen LogP contribution in [0, 0.1) is 0 Å². The number of ether oxygens (including phenoxy) is 1. The Morgan fingerprint density at radius 2 is 1.90 bits per heavy atom. The molecule has 0 aliphatic carbocycles. The Kier molecular flexibility index (Phi) is 8.34. The number of nitrogens with one attached hydrogen (secondary N) is 1. The van der Waals surface area contributed by atoms with Crippen LogP contribution in [0.2, 0.25) is 10.0 Å². The van der Waals surface area contributed by atoms with Gasteiger partial charge in [0.2, 0.25) is 0 Å². The minimum Gasteiger partial charge on any atom is -0.466 e. The maximum atomic E-state index is 11.1. The first-order valence-corrected chi connectivity index (χ1v) is 8.13. The van der Waals surface area contributed by atoms with Crippen LogP contribution in [0.4, 0.5) is 5.69 Å². The lowest BCUT2D eigenvalue weighted by Gasteiger charge is -2.10. The fourth-order valence-electron chi connectivity index (χ4n) is 1.73. The smallest absolute Gasteiger partial charge is 0.305 e. The van der Waals surface area contributed by atoms with Crippen molar-refractivity contribution in [3.05, 3.63) is 26.7 Å². The van der Waals surface area contributed by atoms with Gasteiger partial charge in [-0.05, 0) is 31.9 Å². The molecular weight excluding hydrogens is 365 g/mol. The van der Waals surface area contributed by atoms with E-state index in [0.29, 0.717) is 23.1 Å². The van der Waals surface area contributed by atoms with Crippen molar-refractivity contribution in [3.63, 3.8) is 0 Å². The number of halogens is 3. The van der Waals surface area contributed by atoms with Crippen molar-refractivity contribution in [2.45, 2.75) is 32.6 Å². The second-order valence-electron chi connectivity index (χ2n) is 4.29. The van der Waals surface area contributed by atoms with E-state index in [9.17, 15) is 4.79 Å². The Morgan fingerprint density at radius 1 is 1.25 bits per heavy atom. The molecule has 0 saturated carbocycles. The SMILES string of the molecule is CCOC(=O)CCCCCNc1c(Cl)cc(Br)cc1Cl. The van der Waals surface area contributed by atoms with Crippen molar-refractivity contribution < 1.29 is 9.53 Å². The highest BCUT2D eigenvalue weighted by molar-refractivity contribution is 9.10. The molecule has 6 heteroatoms. The lowest BCUT2D eigenvalue weighted by atomic mass is 10.2. The number of carbonyl (C=O) groups is 1. The molecule has 0 aliphatic rings. The largest absolute Gasteiger partial charge is 0.466 e. The molecular formula is C14H18BrCl2NO2. The summed E-state index contributed by atoms with van der Waals surface area (Å²) < 4.78 is 5.72. The van der Waals surface area contributed by atoms with Crippen LogP contribution in [0.15, 0.2) is 16.6 Å². The van der Waals surface area contributed by atoms with Gasteiger partial charge in [-0.1, -0.05) is 45.6 Å². The van der Waals surface area contributed by atoms with Crippen LogP contribution in [0.3, 0.4) is 0 Å².